The molecular formula is C13H18ClN3O2. The number of nitrogens with zero attached hydrogens (tertiary/aromatic N) is 2. The lowest BCUT2D eigenvalue weighted by Crippen LogP contribution is -2.46. The Labute approximate surface area is 117 Å². The van der Waals surface area contributed by atoms with E-state index in [1.54, 1.807) is 12.1 Å². The number of β-amino-alcohol motifs (C(OH)–C–C–N with tert-alkyl or cyclic N) is 1. The van der Waals surface area contributed by atoms with Gasteiger partial charge in [0, 0.05) is 24.3 Å². The average molecular weight is 284 g/mol. The van der Waals surface area contributed by atoms with Gasteiger partial charge in [-0.2, -0.15) is 0 Å². The van der Waals surface area contributed by atoms with E-state index < -0.39 is 5.60 Å². The summed E-state index contributed by atoms with van der Waals surface area (Å²) in [6.45, 7) is 3.30. The normalized spacial score (nSPS) is 24.6. The van der Waals surface area contributed by atoms with E-state index in [2.05, 4.69) is 10.1 Å². The molecule has 0 amide bonds. The molecule has 5 nitrogen and oxygen atoms in total. The van der Waals surface area contributed by atoms with Crippen molar-refractivity contribution in [1.82, 2.24) is 0 Å². The number of oxime groups is 1. The first-order valence-electron chi connectivity index (χ1n) is 6.18. The lowest BCUT2D eigenvalue weighted by molar-refractivity contribution is 0.0449. The van der Waals surface area contributed by atoms with Crippen molar-refractivity contribution in [1.29, 1.82) is 0 Å². The molecule has 0 bridgehead atoms. The van der Waals surface area contributed by atoms with Crippen molar-refractivity contribution in [2.75, 3.05) is 18.0 Å². The Kier molecular flexibility index (Phi) is 3.87. The number of halogens is 1. The van der Waals surface area contributed by atoms with E-state index in [4.69, 9.17) is 22.5 Å². The summed E-state index contributed by atoms with van der Waals surface area (Å²) in [4.78, 5) is 2.09. The zero-order chi connectivity index (χ0) is 14.0. The zero-order valence-electron chi connectivity index (χ0n) is 10.8. The Hall–Kier alpha value is -1.46. The summed E-state index contributed by atoms with van der Waals surface area (Å²) in [6, 6.07) is 5.35. The van der Waals surface area contributed by atoms with Crippen molar-refractivity contribution in [3.05, 3.63) is 28.8 Å². The number of benzene rings is 1. The topological polar surface area (TPSA) is 82.1 Å². The van der Waals surface area contributed by atoms with Crippen LogP contribution in [0, 0.1) is 0 Å². The van der Waals surface area contributed by atoms with Gasteiger partial charge in [0.2, 0.25) is 0 Å². The van der Waals surface area contributed by atoms with Gasteiger partial charge < -0.3 is 20.9 Å². The van der Waals surface area contributed by atoms with Crippen LogP contribution in [0.25, 0.3) is 0 Å². The van der Waals surface area contributed by atoms with E-state index in [9.17, 15) is 5.11 Å². The molecule has 104 valence electrons. The number of hydrogen-bond donors (Lipinski definition) is 3. The van der Waals surface area contributed by atoms with Gasteiger partial charge in [-0.3, -0.25) is 0 Å². The van der Waals surface area contributed by atoms with Crippen LogP contribution >= 0.6 is 11.6 Å². The van der Waals surface area contributed by atoms with Crippen molar-refractivity contribution >= 4 is 23.1 Å². The summed E-state index contributed by atoms with van der Waals surface area (Å²) in [5.41, 5.74) is 6.28. The molecule has 19 heavy (non-hydrogen) atoms. The third-order valence-corrected chi connectivity index (χ3v) is 3.69. The number of anilines is 1. The van der Waals surface area contributed by atoms with Crippen LogP contribution in [0.2, 0.25) is 5.02 Å². The fourth-order valence-electron chi connectivity index (χ4n) is 2.40. The summed E-state index contributed by atoms with van der Waals surface area (Å²) < 4.78 is 0. The first kappa shape index (κ1) is 14.0. The van der Waals surface area contributed by atoms with Crippen LogP contribution in [0.5, 0.6) is 0 Å². The molecular weight excluding hydrogens is 266 g/mol. The summed E-state index contributed by atoms with van der Waals surface area (Å²) >= 11 is 6.13. The quantitative estimate of drug-likeness (QED) is 0.334. The molecule has 2 rings (SSSR count). The largest absolute Gasteiger partial charge is 0.409 e. The second-order valence-corrected chi connectivity index (χ2v) is 5.58. The maximum atomic E-state index is 10.1. The monoisotopic (exact) mass is 283 g/mol. The van der Waals surface area contributed by atoms with Gasteiger partial charge in [0.25, 0.3) is 0 Å². The van der Waals surface area contributed by atoms with Gasteiger partial charge in [-0.25, -0.2) is 0 Å². The van der Waals surface area contributed by atoms with Crippen LogP contribution in [-0.2, 0) is 0 Å². The van der Waals surface area contributed by atoms with Gasteiger partial charge in [0.15, 0.2) is 5.84 Å². The van der Waals surface area contributed by atoms with Gasteiger partial charge in [-0.15, -0.1) is 0 Å². The Morgan fingerprint density at radius 3 is 2.84 bits per heavy atom. The minimum atomic E-state index is -0.672. The van der Waals surface area contributed by atoms with E-state index in [1.807, 2.05) is 13.0 Å². The first-order chi connectivity index (χ1) is 8.93. The predicted molar refractivity (Wildman–Crippen MR) is 76.0 cm³/mol. The molecule has 1 aliphatic heterocycles. The van der Waals surface area contributed by atoms with Gasteiger partial charge in [-0.05, 0) is 38.0 Å². The number of rotatable bonds is 2. The Morgan fingerprint density at radius 2 is 2.26 bits per heavy atom. The average Bonchev–Trinajstić information content (AvgIpc) is 2.36. The smallest absolute Gasteiger partial charge is 0.171 e. The summed E-state index contributed by atoms with van der Waals surface area (Å²) in [6.07, 6.45) is 1.74. The van der Waals surface area contributed by atoms with Crippen LogP contribution < -0.4 is 10.6 Å². The molecule has 1 aromatic rings. The highest BCUT2D eigenvalue weighted by atomic mass is 35.5. The fraction of sp³-hybridized carbons (Fsp3) is 0.462. The van der Waals surface area contributed by atoms with E-state index >= 15 is 0 Å². The maximum Gasteiger partial charge on any atom is 0.171 e. The highest BCUT2D eigenvalue weighted by Crippen LogP contribution is 2.29. The number of nitrogens with two attached hydrogens (primary N) is 1. The van der Waals surface area contributed by atoms with Crippen LogP contribution in [0.15, 0.2) is 23.4 Å². The molecule has 0 radical (unpaired) electrons. The second kappa shape index (κ2) is 5.27. The van der Waals surface area contributed by atoms with Crippen molar-refractivity contribution in [2.45, 2.75) is 25.4 Å². The molecule has 1 fully saturated rings. The van der Waals surface area contributed by atoms with Gasteiger partial charge >= 0.3 is 0 Å². The standard InChI is InChI=1S/C13H18ClN3O2/c1-13(18)5-2-6-17(8-13)9-3-4-10(11(14)7-9)12(15)16-19/h3-4,7,18-19H,2,5-6,8H2,1H3,(H2,15,16). The molecule has 0 aliphatic carbocycles. The van der Waals surface area contributed by atoms with Crippen molar-refractivity contribution < 1.29 is 10.3 Å². The summed E-state index contributed by atoms with van der Waals surface area (Å²) in [5, 5.41) is 22.1. The maximum absolute atomic E-state index is 10.1. The third kappa shape index (κ3) is 3.11. The molecule has 1 atom stereocenters. The van der Waals surface area contributed by atoms with E-state index in [0.717, 1.165) is 25.1 Å². The molecule has 4 N–H and O–H groups in total. The van der Waals surface area contributed by atoms with Crippen LogP contribution in [-0.4, -0.2) is 34.8 Å². The number of aliphatic hydroxyl groups is 1. The molecule has 0 aromatic heterocycles. The molecule has 1 aromatic carbocycles. The minimum Gasteiger partial charge on any atom is -0.409 e. The highest BCUT2D eigenvalue weighted by molar-refractivity contribution is 6.34. The second-order valence-electron chi connectivity index (χ2n) is 5.17. The summed E-state index contributed by atoms with van der Waals surface area (Å²) in [5.74, 6) is -0.0119. The van der Waals surface area contributed by atoms with Crippen LogP contribution in [0.1, 0.15) is 25.3 Å². The molecule has 1 heterocycles. The Morgan fingerprint density at radius 1 is 1.53 bits per heavy atom. The Bertz CT molecular complexity index is 503. The minimum absolute atomic E-state index is 0.0119. The number of piperidine rings is 1. The molecule has 1 unspecified atom stereocenters. The van der Waals surface area contributed by atoms with Gasteiger partial charge in [0.1, 0.15) is 0 Å². The van der Waals surface area contributed by atoms with Crippen LogP contribution in [0.3, 0.4) is 0 Å². The summed E-state index contributed by atoms with van der Waals surface area (Å²) in [7, 11) is 0. The predicted octanol–water partition coefficient (Wildman–Crippen LogP) is 1.79. The van der Waals surface area contributed by atoms with E-state index in [1.165, 1.54) is 0 Å². The molecule has 1 aliphatic rings. The van der Waals surface area contributed by atoms with Crippen molar-refractivity contribution in [3.63, 3.8) is 0 Å². The SMILES string of the molecule is CC1(O)CCCN(c2ccc(/C(N)=N/O)c(Cl)c2)C1. The zero-order valence-corrected chi connectivity index (χ0v) is 11.6. The van der Waals surface area contributed by atoms with E-state index in [0.29, 0.717) is 17.1 Å². The lowest BCUT2D eigenvalue weighted by Gasteiger charge is -2.38. The van der Waals surface area contributed by atoms with Crippen LogP contribution in [0.4, 0.5) is 5.69 Å². The molecule has 0 spiro atoms. The molecule has 1 saturated heterocycles. The van der Waals surface area contributed by atoms with Gasteiger partial charge in [-0.1, -0.05) is 16.8 Å². The molecule has 6 heteroatoms. The lowest BCUT2D eigenvalue weighted by atomic mass is 9.94. The molecule has 0 saturated carbocycles. The Balaban J connectivity index is 2.25. The van der Waals surface area contributed by atoms with Crippen molar-refractivity contribution in [3.8, 4) is 0 Å². The first-order valence-corrected chi connectivity index (χ1v) is 6.55. The van der Waals surface area contributed by atoms with Crippen molar-refractivity contribution in [2.24, 2.45) is 10.9 Å². The third-order valence-electron chi connectivity index (χ3n) is 3.38. The number of hydrogen-bond acceptors (Lipinski definition) is 4. The van der Waals surface area contributed by atoms with Gasteiger partial charge in [0.05, 0.1) is 10.6 Å². The number of amidine groups is 1. The highest BCUT2D eigenvalue weighted by Gasteiger charge is 2.28. The van der Waals surface area contributed by atoms with E-state index in [-0.39, 0.29) is 5.84 Å². The fourth-order valence-corrected chi connectivity index (χ4v) is 2.67.